The SMILES string of the molecule is O=C(O)COCCCCC1C(O)CC(O)C1SCC(O)COc1cccc(C(F)(F)F)c1. The Morgan fingerprint density at radius 1 is 1.22 bits per heavy atom. The molecular formula is C21H29F3O7S. The Kier molecular flexibility index (Phi) is 10.6. The Morgan fingerprint density at radius 3 is 2.66 bits per heavy atom. The standard InChI is InChI=1S/C21H29F3O7S/c22-21(23,24)13-4-3-5-15(8-13)31-10-14(25)12-32-20-16(17(26)9-18(20)27)6-1-2-7-30-11-19(28)29/h3-5,8,14,16-18,20,25-27H,1-2,6-7,9-12H2,(H,28,29). The Hall–Kier alpha value is -1.53. The summed E-state index contributed by atoms with van der Waals surface area (Å²) >= 11 is 1.30. The van der Waals surface area contributed by atoms with Gasteiger partial charge in [0.05, 0.1) is 23.9 Å². The van der Waals surface area contributed by atoms with Crippen LogP contribution < -0.4 is 4.74 Å². The number of benzene rings is 1. The summed E-state index contributed by atoms with van der Waals surface area (Å²) in [6.07, 6.45) is -4.71. The second-order valence-corrected chi connectivity index (χ2v) is 8.98. The smallest absolute Gasteiger partial charge is 0.416 e. The first-order chi connectivity index (χ1) is 15.1. The van der Waals surface area contributed by atoms with Crippen LogP contribution in [0.5, 0.6) is 5.75 Å². The molecule has 0 radical (unpaired) electrons. The molecule has 1 aromatic carbocycles. The summed E-state index contributed by atoms with van der Waals surface area (Å²) in [7, 11) is 0. The molecule has 0 amide bonds. The molecule has 1 fully saturated rings. The highest BCUT2D eigenvalue weighted by Crippen LogP contribution is 2.39. The number of carbonyl (C=O) groups is 1. The molecule has 1 aromatic rings. The Bertz CT molecular complexity index is 719. The maximum absolute atomic E-state index is 12.8. The van der Waals surface area contributed by atoms with E-state index in [9.17, 15) is 33.3 Å². The zero-order valence-electron chi connectivity index (χ0n) is 17.4. The number of hydrogen-bond acceptors (Lipinski definition) is 7. The van der Waals surface area contributed by atoms with Crippen LogP contribution in [-0.2, 0) is 15.7 Å². The van der Waals surface area contributed by atoms with Crippen molar-refractivity contribution in [3.63, 3.8) is 0 Å². The molecule has 4 N–H and O–H groups in total. The van der Waals surface area contributed by atoms with E-state index in [0.717, 1.165) is 12.1 Å². The average molecular weight is 483 g/mol. The molecule has 182 valence electrons. The first-order valence-electron chi connectivity index (χ1n) is 10.3. The summed E-state index contributed by atoms with van der Waals surface area (Å²) < 4.78 is 48.6. The van der Waals surface area contributed by atoms with Gasteiger partial charge in [-0.15, -0.1) is 0 Å². The number of aliphatic hydroxyl groups is 3. The highest BCUT2D eigenvalue weighted by Gasteiger charge is 2.41. The third kappa shape index (κ3) is 8.78. The van der Waals surface area contributed by atoms with Gasteiger partial charge in [0.1, 0.15) is 19.0 Å². The maximum atomic E-state index is 12.8. The topological polar surface area (TPSA) is 116 Å². The number of carboxylic acid groups (broad SMARTS) is 1. The molecule has 0 aliphatic heterocycles. The number of ether oxygens (including phenoxy) is 2. The number of hydrogen-bond donors (Lipinski definition) is 4. The first-order valence-corrected chi connectivity index (χ1v) is 11.4. The zero-order chi connectivity index (χ0) is 23.7. The molecule has 7 nitrogen and oxygen atoms in total. The van der Waals surface area contributed by atoms with Gasteiger partial charge in [0, 0.05) is 24.0 Å². The summed E-state index contributed by atoms with van der Waals surface area (Å²) in [5.41, 5.74) is -0.835. The lowest BCUT2D eigenvalue weighted by Crippen LogP contribution is -2.28. The van der Waals surface area contributed by atoms with E-state index in [1.54, 1.807) is 0 Å². The van der Waals surface area contributed by atoms with E-state index in [4.69, 9.17) is 14.6 Å². The van der Waals surface area contributed by atoms with E-state index in [0.29, 0.717) is 25.9 Å². The van der Waals surface area contributed by atoms with Crippen LogP contribution in [0.2, 0.25) is 0 Å². The van der Waals surface area contributed by atoms with Crippen molar-refractivity contribution in [3.05, 3.63) is 29.8 Å². The highest BCUT2D eigenvalue weighted by atomic mass is 32.2. The Morgan fingerprint density at radius 2 is 1.97 bits per heavy atom. The van der Waals surface area contributed by atoms with Gasteiger partial charge in [0.25, 0.3) is 0 Å². The molecular weight excluding hydrogens is 453 g/mol. The van der Waals surface area contributed by atoms with Crippen LogP contribution in [0.3, 0.4) is 0 Å². The summed E-state index contributed by atoms with van der Waals surface area (Å²) in [6.45, 7) is -0.268. The van der Waals surface area contributed by atoms with Crippen LogP contribution in [0.15, 0.2) is 24.3 Å². The highest BCUT2D eigenvalue weighted by molar-refractivity contribution is 8.00. The molecule has 5 unspecified atom stereocenters. The van der Waals surface area contributed by atoms with Crippen LogP contribution in [0.1, 0.15) is 31.2 Å². The number of halogens is 3. The minimum Gasteiger partial charge on any atom is -0.491 e. The lowest BCUT2D eigenvalue weighted by molar-refractivity contribution is -0.142. The van der Waals surface area contributed by atoms with Crippen LogP contribution in [0, 0.1) is 5.92 Å². The number of unbranched alkanes of at least 4 members (excludes halogenated alkanes) is 1. The molecule has 5 atom stereocenters. The Labute approximate surface area is 188 Å². The van der Waals surface area contributed by atoms with Crippen LogP contribution in [0.4, 0.5) is 13.2 Å². The van der Waals surface area contributed by atoms with Gasteiger partial charge in [0.2, 0.25) is 0 Å². The number of aliphatic carboxylic acids is 1. The zero-order valence-corrected chi connectivity index (χ0v) is 18.2. The minimum atomic E-state index is -4.48. The van der Waals surface area contributed by atoms with Crippen LogP contribution in [-0.4, -0.2) is 75.5 Å². The van der Waals surface area contributed by atoms with E-state index >= 15 is 0 Å². The van der Waals surface area contributed by atoms with Gasteiger partial charge in [-0.25, -0.2) is 4.79 Å². The van der Waals surface area contributed by atoms with Crippen molar-refractivity contribution in [1.29, 1.82) is 0 Å². The molecule has 0 aromatic heterocycles. The number of carboxylic acids is 1. The van der Waals surface area contributed by atoms with Crippen LogP contribution >= 0.6 is 11.8 Å². The van der Waals surface area contributed by atoms with Crippen molar-refractivity contribution >= 4 is 17.7 Å². The van der Waals surface area contributed by atoms with E-state index in [1.807, 2.05) is 0 Å². The minimum absolute atomic E-state index is 0.00296. The van der Waals surface area contributed by atoms with E-state index < -0.39 is 36.0 Å². The molecule has 2 rings (SSSR count). The normalized spacial score (nSPS) is 24.4. The van der Waals surface area contributed by atoms with Crippen molar-refractivity contribution in [1.82, 2.24) is 0 Å². The predicted octanol–water partition coefficient (Wildman–Crippen LogP) is 2.56. The lowest BCUT2D eigenvalue weighted by atomic mass is 9.98. The maximum Gasteiger partial charge on any atom is 0.416 e. The van der Waals surface area contributed by atoms with Crippen molar-refractivity contribution in [2.24, 2.45) is 5.92 Å². The molecule has 1 aliphatic carbocycles. The van der Waals surface area contributed by atoms with Crippen molar-refractivity contribution in [2.75, 3.05) is 25.6 Å². The second kappa shape index (κ2) is 12.6. The van der Waals surface area contributed by atoms with Crippen molar-refractivity contribution in [2.45, 2.75) is 55.4 Å². The van der Waals surface area contributed by atoms with Gasteiger partial charge in [-0.05, 0) is 37.0 Å². The molecule has 32 heavy (non-hydrogen) atoms. The number of thioether (sulfide) groups is 1. The van der Waals surface area contributed by atoms with E-state index in [1.165, 1.54) is 23.9 Å². The van der Waals surface area contributed by atoms with Gasteiger partial charge in [-0.3, -0.25) is 0 Å². The second-order valence-electron chi connectivity index (χ2n) is 7.76. The third-order valence-corrected chi connectivity index (χ3v) is 6.79. The number of alkyl halides is 3. The lowest BCUT2D eigenvalue weighted by Gasteiger charge is -2.24. The first kappa shape index (κ1) is 26.7. The average Bonchev–Trinajstić information content (AvgIpc) is 2.99. The quantitative estimate of drug-likeness (QED) is 0.317. The fraction of sp³-hybridized carbons (Fsp3) is 0.667. The monoisotopic (exact) mass is 482 g/mol. The van der Waals surface area contributed by atoms with Gasteiger partial charge >= 0.3 is 12.1 Å². The van der Waals surface area contributed by atoms with Crippen molar-refractivity contribution < 1.29 is 47.9 Å². The summed E-state index contributed by atoms with van der Waals surface area (Å²) in [5.74, 6) is -1.04. The predicted molar refractivity (Wildman–Crippen MR) is 112 cm³/mol. The fourth-order valence-corrected chi connectivity index (χ4v) is 5.06. The Balaban J connectivity index is 1.75. The molecule has 1 aliphatic rings. The van der Waals surface area contributed by atoms with Crippen molar-refractivity contribution in [3.8, 4) is 5.75 Å². The number of aliphatic hydroxyl groups excluding tert-OH is 3. The summed E-state index contributed by atoms with van der Waals surface area (Å²) in [6, 6.07) is 4.41. The third-order valence-electron chi connectivity index (χ3n) is 5.16. The van der Waals surface area contributed by atoms with Gasteiger partial charge in [0.15, 0.2) is 0 Å². The fourth-order valence-electron chi connectivity index (χ4n) is 3.62. The van der Waals surface area contributed by atoms with E-state index in [2.05, 4.69) is 0 Å². The summed E-state index contributed by atoms with van der Waals surface area (Å²) in [4.78, 5) is 10.4. The van der Waals surface area contributed by atoms with E-state index in [-0.39, 0.29) is 42.3 Å². The molecule has 0 heterocycles. The van der Waals surface area contributed by atoms with Gasteiger partial charge < -0.3 is 29.9 Å². The van der Waals surface area contributed by atoms with Gasteiger partial charge in [-0.2, -0.15) is 24.9 Å². The molecule has 0 saturated heterocycles. The molecule has 11 heteroatoms. The summed E-state index contributed by atoms with van der Waals surface area (Å²) in [5, 5.41) is 38.9. The molecule has 0 bridgehead atoms. The molecule has 0 spiro atoms. The van der Waals surface area contributed by atoms with Crippen LogP contribution in [0.25, 0.3) is 0 Å². The largest absolute Gasteiger partial charge is 0.491 e. The molecule has 1 saturated carbocycles. The number of rotatable bonds is 13. The van der Waals surface area contributed by atoms with Gasteiger partial charge in [-0.1, -0.05) is 12.5 Å².